The Bertz CT molecular complexity index is 807. The second-order valence-electron chi connectivity index (χ2n) is 7.35. The van der Waals surface area contributed by atoms with Crippen molar-refractivity contribution in [1.82, 2.24) is 30.0 Å². The van der Waals surface area contributed by atoms with Gasteiger partial charge in [0.15, 0.2) is 11.5 Å². The van der Waals surface area contributed by atoms with E-state index in [1.807, 2.05) is 21.5 Å². The van der Waals surface area contributed by atoms with Crippen LogP contribution in [0.15, 0.2) is 12.1 Å². The SMILES string of the molecule is O=C(NCC1CN(c2ccc3nnc(C4CC4)n3n2)C1)N1CCOCC1. The highest BCUT2D eigenvalue weighted by Crippen LogP contribution is 2.38. The molecule has 2 aromatic rings. The lowest BCUT2D eigenvalue weighted by Gasteiger charge is -2.40. The van der Waals surface area contributed by atoms with Crippen molar-refractivity contribution in [2.24, 2.45) is 5.92 Å². The van der Waals surface area contributed by atoms with E-state index < -0.39 is 0 Å². The van der Waals surface area contributed by atoms with Crippen molar-refractivity contribution in [3.8, 4) is 0 Å². The maximum absolute atomic E-state index is 12.1. The van der Waals surface area contributed by atoms with Gasteiger partial charge < -0.3 is 19.9 Å². The van der Waals surface area contributed by atoms with Crippen molar-refractivity contribution in [3.63, 3.8) is 0 Å². The second kappa shape index (κ2) is 6.39. The van der Waals surface area contributed by atoms with Gasteiger partial charge in [0.2, 0.25) is 0 Å². The van der Waals surface area contributed by atoms with E-state index in [0.29, 0.717) is 44.7 Å². The molecule has 4 heterocycles. The predicted octanol–water partition coefficient (Wildman–Crippen LogP) is 0.480. The number of urea groups is 1. The molecule has 1 saturated carbocycles. The molecule has 26 heavy (non-hydrogen) atoms. The number of aromatic nitrogens is 4. The van der Waals surface area contributed by atoms with E-state index in [2.05, 4.69) is 20.4 Å². The van der Waals surface area contributed by atoms with Gasteiger partial charge in [-0.05, 0) is 25.0 Å². The lowest BCUT2D eigenvalue weighted by atomic mass is 10.0. The molecule has 0 aromatic carbocycles. The third-order valence-electron chi connectivity index (χ3n) is 5.34. The molecule has 2 aliphatic heterocycles. The Morgan fingerprint density at radius 2 is 2.00 bits per heavy atom. The fourth-order valence-corrected chi connectivity index (χ4v) is 3.56. The highest BCUT2D eigenvalue weighted by Gasteiger charge is 2.31. The standard InChI is InChI=1S/C17H23N7O2/c25-17(22-5-7-26-8-6-22)18-9-12-10-23(11-12)15-4-3-14-19-20-16(13-1-2-13)24(14)21-15/h3-4,12-13H,1-2,5-11H2,(H,18,25). The van der Waals surface area contributed by atoms with Gasteiger partial charge in [0.25, 0.3) is 0 Å². The van der Waals surface area contributed by atoms with Crippen molar-refractivity contribution in [3.05, 3.63) is 18.0 Å². The van der Waals surface area contributed by atoms with Crippen molar-refractivity contribution in [1.29, 1.82) is 0 Å². The number of anilines is 1. The van der Waals surface area contributed by atoms with Gasteiger partial charge in [0.1, 0.15) is 5.82 Å². The van der Waals surface area contributed by atoms with Crippen molar-refractivity contribution >= 4 is 17.5 Å². The Labute approximate surface area is 151 Å². The van der Waals surface area contributed by atoms with E-state index in [9.17, 15) is 4.79 Å². The van der Waals surface area contributed by atoms with Gasteiger partial charge >= 0.3 is 6.03 Å². The molecule has 3 aliphatic rings. The van der Waals surface area contributed by atoms with Crippen LogP contribution in [0.3, 0.4) is 0 Å². The fourth-order valence-electron chi connectivity index (χ4n) is 3.56. The van der Waals surface area contributed by atoms with Crippen LogP contribution in [0, 0.1) is 5.92 Å². The summed E-state index contributed by atoms with van der Waals surface area (Å²) in [5.41, 5.74) is 0.811. The molecule has 0 radical (unpaired) electrons. The molecule has 0 unspecified atom stereocenters. The summed E-state index contributed by atoms with van der Waals surface area (Å²) < 4.78 is 7.17. The molecule has 9 heteroatoms. The highest BCUT2D eigenvalue weighted by molar-refractivity contribution is 5.74. The molecule has 0 spiro atoms. The average Bonchev–Trinajstić information content (AvgIpc) is 3.40. The van der Waals surface area contributed by atoms with Crippen LogP contribution >= 0.6 is 0 Å². The highest BCUT2D eigenvalue weighted by atomic mass is 16.5. The minimum absolute atomic E-state index is 0.0184. The Balaban J connectivity index is 1.16. The molecule has 2 saturated heterocycles. The van der Waals surface area contributed by atoms with Gasteiger partial charge in [0.05, 0.1) is 13.2 Å². The van der Waals surface area contributed by atoms with Gasteiger partial charge in [-0.25, -0.2) is 4.79 Å². The van der Waals surface area contributed by atoms with Crippen LogP contribution in [0.4, 0.5) is 10.6 Å². The van der Waals surface area contributed by atoms with Crippen LogP contribution in [0.1, 0.15) is 24.6 Å². The average molecular weight is 357 g/mol. The van der Waals surface area contributed by atoms with Crippen molar-refractivity contribution in [2.75, 3.05) is 50.8 Å². The van der Waals surface area contributed by atoms with Gasteiger partial charge in [-0.3, -0.25) is 0 Å². The van der Waals surface area contributed by atoms with E-state index in [4.69, 9.17) is 9.84 Å². The maximum Gasteiger partial charge on any atom is 0.317 e. The zero-order chi connectivity index (χ0) is 17.5. The third-order valence-corrected chi connectivity index (χ3v) is 5.34. The van der Waals surface area contributed by atoms with Gasteiger partial charge in [0, 0.05) is 44.6 Å². The van der Waals surface area contributed by atoms with Gasteiger partial charge in [-0.15, -0.1) is 15.3 Å². The summed E-state index contributed by atoms with van der Waals surface area (Å²) in [5, 5.41) is 16.3. The summed E-state index contributed by atoms with van der Waals surface area (Å²) in [7, 11) is 0. The van der Waals surface area contributed by atoms with Gasteiger partial charge in [-0.2, -0.15) is 4.52 Å². The summed E-state index contributed by atoms with van der Waals surface area (Å²) in [6, 6.07) is 4.00. The quantitative estimate of drug-likeness (QED) is 0.856. The molecule has 2 aromatic heterocycles. The smallest absolute Gasteiger partial charge is 0.317 e. The second-order valence-corrected chi connectivity index (χ2v) is 7.35. The summed E-state index contributed by atoms with van der Waals surface area (Å²) in [5.74, 6) is 2.92. The first-order valence-corrected chi connectivity index (χ1v) is 9.36. The number of carbonyl (C=O) groups is 1. The molecule has 2 amide bonds. The van der Waals surface area contributed by atoms with E-state index >= 15 is 0 Å². The Morgan fingerprint density at radius 1 is 1.19 bits per heavy atom. The van der Waals surface area contributed by atoms with Crippen LogP contribution in [-0.4, -0.2) is 76.7 Å². The van der Waals surface area contributed by atoms with Crippen LogP contribution in [-0.2, 0) is 4.74 Å². The molecule has 3 fully saturated rings. The number of morpholine rings is 1. The number of amides is 2. The zero-order valence-corrected chi connectivity index (χ0v) is 14.7. The number of nitrogens with one attached hydrogen (secondary N) is 1. The predicted molar refractivity (Wildman–Crippen MR) is 94.3 cm³/mol. The summed E-state index contributed by atoms with van der Waals surface area (Å²) >= 11 is 0. The number of fused-ring (bicyclic) bond motifs is 1. The summed E-state index contributed by atoms with van der Waals surface area (Å²) in [6.07, 6.45) is 2.36. The first kappa shape index (κ1) is 15.8. The third kappa shape index (κ3) is 2.96. The number of rotatable bonds is 4. The van der Waals surface area contributed by atoms with E-state index in [1.54, 1.807) is 0 Å². The van der Waals surface area contributed by atoms with E-state index in [1.165, 1.54) is 12.8 Å². The fraction of sp³-hybridized carbons (Fsp3) is 0.647. The van der Waals surface area contributed by atoms with Crippen molar-refractivity contribution < 1.29 is 9.53 Å². The lowest BCUT2D eigenvalue weighted by Crippen LogP contribution is -2.54. The number of hydrogen-bond acceptors (Lipinski definition) is 6. The zero-order valence-electron chi connectivity index (χ0n) is 14.7. The molecule has 1 N–H and O–H groups in total. The lowest BCUT2D eigenvalue weighted by molar-refractivity contribution is 0.0529. The Kier molecular flexibility index (Phi) is 3.88. The Morgan fingerprint density at radius 3 is 2.77 bits per heavy atom. The van der Waals surface area contributed by atoms with Crippen LogP contribution < -0.4 is 10.2 Å². The molecular weight excluding hydrogens is 334 g/mol. The van der Waals surface area contributed by atoms with Crippen LogP contribution in [0.25, 0.3) is 5.65 Å². The number of ether oxygens (including phenoxy) is 1. The molecule has 0 bridgehead atoms. The summed E-state index contributed by atoms with van der Waals surface area (Å²) in [6.45, 7) is 5.12. The minimum Gasteiger partial charge on any atom is -0.378 e. The molecule has 9 nitrogen and oxygen atoms in total. The molecule has 138 valence electrons. The first-order chi connectivity index (χ1) is 12.8. The van der Waals surface area contributed by atoms with Gasteiger partial charge in [-0.1, -0.05) is 0 Å². The topological polar surface area (TPSA) is 87.9 Å². The summed E-state index contributed by atoms with van der Waals surface area (Å²) in [4.78, 5) is 16.2. The van der Waals surface area contributed by atoms with E-state index in [-0.39, 0.29) is 6.03 Å². The number of carbonyl (C=O) groups excluding carboxylic acids is 1. The molecule has 1 aliphatic carbocycles. The maximum atomic E-state index is 12.1. The minimum atomic E-state index is 0.0184. The monoisotopic (exact) mass is 357 g/mol. The first-order valence-electron chi connectivity index (χ1n) is 9.36. The Hall–Kier alpha value is -2.42. The van der Waals surface area contributed by atoms with E-state index in [0.717, 1.165) is 30.4 Å². The molecule has 0 atom stereocenters. The number of hydrogen-bond donors (Lipinski definition) is 1. The molecule has 5 rings (SSSR count). The van der Waals surface area contributed by atoms with Crippen molar-refractivity contribution in [2.45, 2.75) is 18.8 Å². The largest absolute Gasteiger partial charge is 0.378 e. The number of nitrogens with zero attached hydrogens (tertiary/aromatic N) is 6. The molecular formula is C17H23N7O2. The van der Waals surface area contributed by atoms with Crippen LogP contribution in [0.2, 0.25) is 0 Å². The normalized spacial score (nSPS) is 21.1. The van der Waals surface area contributed by atoms with Crippen LogP contribution in [0.5, 0.6) is 0 Å².